The molecule has 0 radical (unpaired) electrons. The number of amides is 1. The number of hydrogen-bond donors (Lipinski definition) is 0. The molecule has 1 heterocycles. The average Bonchev–Trinajstić information content (AvgIpc) is 1.93. The van der Waals surface area contributed by atoms with Crippen molar-refractivity contribution in [1.82, 2.24) is 4.90 Å². The van der Waals surface area contributed by atoms with Crippen LogP contribution in [-0.4, -0.2) is 28.9 Å². The molecule has 84 valence electrons. The van der Waals surface area contributed by atoms with Gasteiger partial charge in [-0.15, -0.1) is 0 Å². The summed E-state index contributed by atoms with van der Waals surface area (Å²) < 4.78 is 5.19. The smallest absolute Gasteiger partial charge is 0.414 e. The molecule has 0 bridgehead atoms. The molecule has 1 aliphatic heterocycles. The van der Waals surface area contributed by atoms with Crippen LogP contribution in [0.1, 0.15) is 34.1 Å². The summed E-state index contributed by atoms with van der Waals surface area (Å²) in [5, 5.41) is 0. The Bertz CT molecular complexity index is 312. The zero-order valence-electron chi connectivity index (χ0n) is 9.66. The molecule has 1 fully saturated rings. The number of ketones is 1. The van der Waals surface area contributed by atoms with E-state index in [4.69, 9.17) is 4.74 Å². The SMILES string of the molecule is CC(=O)/C=C1\CCN1C(=O)OC(C)(C)C. The fourth-order valence-electron chi connectivity index (χ4n) is 1.26. The Labute approximate surface area is 89.9 Å². The van der Waals surface area contributed by atoms with Gasteiger partial charge < -0.3 is 4.74 Å². The second-order valence-electron chi connectivity index (χ2n) is 4.63. The lowest BCUT2D eigenvalue weighted by molar-refractivity contribution is -0.112. The highest BCUT2D eigenvalue weighted by Crippen LogP contribution is 2.24. The van der Waals surface area contributed by atoms with E-state index in [2.05, 4.69) is 0 Å². The fraction of sp³-hybridized carbons (Fsp3) is 0.636. The van der Waals surface area contributed by atoms with Gasteiger partial charge in [-0.2, -0.15) is 0 Å². The lowest BCUT2D eigenvalue weighted by Gasteiger charge is -2.35. The standard InChI is InChI=1S/C11H17NO3/c1-8(13)7-9-5-6-12(9)10(14)15-11(2,3)4/h7H,5-6H2,1-4H3/b9-7+. The molecule has 1 aliphatic rings. The van der Waals surface area contributed by atoms with E-state index in [1.54, 1.807) is 0 Å². The Hall–Kier alpha value is -1.32. The molecule has 0 saturated carbocycles. The van der Waals surface area contributed by atoms with Gasteiger partial charge in [0.25, 0.3) is 0 Å². The van der Waals surface area contributed by atoms with Crippen LogP contribution in [0.3, 0.4) is 0 Å². The number of rotatable bonds is 1. The molecule has 0 aromatic rings. The molecule has 1 rings (SSSR count). The van der Waals surface area contributed by atoms with Gasteiger partial charge in [0, 0.05) is 24.7 Å². The maximum absolute atomic E-state index is 11.6. The second-order valence-corrected chi connectivity index (χ2v) is 4.63. The summed E-state index contributed by atoms with van der Waals surface area (Å²) in [5.41, 5.74) is 0.255. The van der Waals surface area contributed by atoms with Gasteiger partial charge in [-0.1, -0.05) is 0 Å². The van der Waals surface area contributed by atoms with Gasteiger partial charge in [-0.25, -0.2) is 4.79 Å². The average molecular weight is 211 g/mol. The summed E-state index contributed by atoms with van der Waals surface area (Å²) in [6, 6.07) is 0. The molecule has 0 aliphatic carbocycles. The molecule has 0 N–H and O–H groups in total. The maximum atomic E-state index is 11.6. The Kier molecular flexibility index (Phi) is 3.17. The van der Waals surface area contributed by atoms with E-state index in [-0.39, 0.29) is 11.9 Å². The molecule has 1 amide bonds. The number of carbonyl (C=O) groups is 2. The summed E-state index contributed by atoms with van der Waals surface area (Å²) in [6.45, 7) is 7.56. The highest BCUT2D eigenvalue weighted by molar-refractivity contribution is 5.89. The molecule has 0 atom stereocenters. The maximum Gasteiger partial charge on any atom is 0.414 e. The van der Waals surface area contributed by atoms with E-state index >= 15 is 0 Å². The van der Waals surface area contributed by atoms with Crippen molar-refractivity contribution in [2.75, 3.05) is 6.54 Å². The molecule has 0 aromatic heterocycles. The van der Waals surface area contributed by atoms with E-state index in [1.807, 2.05) is 20.8 Å². The van der Waals surface area contributed by atoms with Gasteiger partial charge >= 0.3 is 6.09 Å². The monoisotopic (exact) mass is 211 g/mol. The highest BCUT2D eigenvalue weighted by Gasteiger charge is 2.30. The number of nitrogens with zero attached hydrogens (tertiary/aromatic N) is 1. The van der Waals surface area contributed by atoms with E-state index in [0.29, 0.717) is 6.54 Å². The molecular weight excluding hydrogens is 194 g/mol. The molecule has 0 aromatic carbocycles. The summed E-state index contributed by atoms with van der Waals surface area (Å²) in [7, 11) is 0. The molecule has 4 nitrogen and oxygen atoms in total. The van der Waals surface area contributed by atoms with E-state index in [1.165, 1.54) is 17.9 Å². The van der Waals surface area contributed by atoms with Crippen LogP contribution in [-0.2, 0) is 9.53 Å². The number of allylic oxidation sites excluding steroid dienone is 1. The molecule has 15 heavy (non-hydrogen) atoms. The number of hydrogen-bond acceptors (Lipinski definition) is 3. The van der Waals surface area contributed by atoms with Gasteiger partial charge in [0.1, 0.15) is 5.60 Å². The first-order valence-electron chi connectivity index (χ1n) is 5.01. The van der Waals surface area contributed by atoms with Crippen molar-refractivity contribution in [3.05, 3.63) is 11.8 Å². The van der Waals surface area contributed by atoms with Crippen molar-refractivity contribution < 1.29 is 14.3 Å². The number of likely N-dealkylation sites (tertiary alicyclic amines) is 1. The largest absolute Gasteiger partial charge is 0.443 e. The number of carbonyl (C=O) groups excluding carboxylic acids is 2. The summed E-state index contributed by atoms with van der Waals surface area (Å²) in [5.74, 6) is -0.0433. The van der Waals surface area contributed by atoms with Gasteiger partial charge in [0.05, 0.1) is 0 Å². The lowest BCUT2D eigenvalue weighted by atomic mass is 10.1. The minimum absolute atomic E-state index is 0.0433. The minimum atomic E-state index is -0.492. The predicted molar refractivity (Wildman–Crippen MR) is 56.3 cm³/mol. The molecule has 4 heteroatoms. The van der Waals surface area contributed by atoms with E-state index in [9.17, 15) is 9.59 Å². The summed E-state index contributed by atoms with van der Waals surface area (Å²) >= 11 is 0. The van der Waals surface area contributed by atoms with Crippen LogP contribution in [0, 0.1) is 0 Å². The zero-order valence-corrected chi connectivity index (χ0v) is 9.66. The Morgan fingerprint density at radius 2 is 2.00 bits per heavy atom. The normalized spacial score (nSPS) is 18.7. The fourth-order valence-corrected chi connectivity index (χ4v) is 1.26. The first-order chi connectivity index (χ1) is 6.79. The first kappa shape index (κ1) is 11.8. The quantitative estimate of drug-likeness (QED) is 0.624. The third kappa shape index (κ3) is 3.38. The van der Waals surface area contributed by atoms with E-state index in [0.717, 1.165) is 12.1 Å². The zero-order chi connectivity index (χ0) is 11.6. The van der Waals surface area contributed by atoms with Crippen molar-refractivity contribution in [2.24, 2.45) is 0 Å². The summed E-state index contributed by atoms with van der Waals surface area (Å²) in [6.07, 6.45) is 1.87. The minimum Gasteiger partial charge on any atom is -0.443 e. The van der Waals surface area contributed by atoms with Crippen molar-refractivity contribution in [3.8, 4) is 0 Å². The first-order valence-corrected chi connectivity index (χ1v) is 5.01. The van der Waals surface area contributed by atoms with Crippen molar-refractivity contribution >= 4 is 11.9 Å². The van der Waals surface area contributed by atoms with E-state index < -0.39 is 5.60 Å². The lowest BCUT2D eigenvalue weighted by Crippen LogP contribution is -2.43. The van der Waals surface area contributed by atoms with Crippen molar-refractivity contribution in [1.29, 1.82) is 0 Å². The number of ether oxygens (including phenoxy) is 1. The Morgan fingerprint density at radius 3 is 2.33 bits per heavy atom. The third-order valence-corrected chi connectivity index (χ3v) is 1.92. The van der Waals surface area contributed by atoms with Crippen LogP contribution in [0.25, 0.3) is 0 Å². The van der Waals surface area contributed by atoms with Crippen LogP contribution < -0.4 is 0 Å². The van der Waals surface area contributed by atoms with Crippen molar-refractivity contribution in [2.45, 2.75) is 39.7 Å². The topological polar surface area (TPSA) is 46.6 Å². The third-order valence-electron chi connectivity index (χ3n) is 1.92. The van der Waals surface area contributed by atoms with Crippen molar-refractivity contribution in [3.63, 3.8) is 0 Å². The van der Waals surface area contributed by atoms with Crippen LogP contribution in [0.2, 0.25) is 0 Å². The van der Waals surface area contributed by atoms with Crippen LogP contribution >= 0.6 is 0 Å². The molecular formula is C11H17NO3. The van der Waals surface area contributed by atoms with Gasteiger partial charge in [0.2, 0.25) is 0 Å². The molecule has 0 unspecified atom stereocenters. The molecule has 1 saturated heterocycles. The second kappa shape index (κ2) is 4.04. The predicted octanol–water partition coefficient (Wildman–Crippen LogP) is 2.10. The molecule has 0 spiro atoms. The highest BCUT2D eigenvalue weighted by atomic mass is 16.6. The Morgan fingerprint density at radius 1 is 1.40 bits per heavy atom. The summed E-state index contributed by atoms with van der Waals surface area (Å²) in [4.78, 5) is 23.9. The van der Waals surface area contributed by atoms with Crippen LogP contribution in [0.15, 0.2) is 11.8 Å². The Balaban J connectivity index is 2.59. The van der Waals surface area contributed by atoms with Crippen LogP contribution in [0.5, 0.6) is 0 Å². The van der Waals surface area contributed by atoms with Gasteiger partial charge in [-0.05, 0) is 27.7 Å². The van der Waals surface area contributed by atoms with Gasteiger partial charge in [-0.3, -0.25) is 9.69 Å². The van der Waals surface area contributed by atoms with Crippen LogP contribution in [0.4, 0.5) is 4.79 Å². The van der Waals surface area contributed by atoms with Gasteiger partial charge in [0.15, 0.2) is 5.78 Å².